The van der Waals surface area contributed by atoms with Crippen LogP contribution in [0.25, 0.3) is 0 Å². The molecule has 0 aliphatic carbocycles. The van der Waals surface area contributed by atoms with E-state index in [9.17, 15) is 13.6 Å². The van der Waals surface area contributed by atoms with E-state index in [4.69, 9.17) is 4.74 Å². The second-order valence-electron chi connectivity index (χ2n) is 7.98. The summed E-state index contributed by atoms with van der Waals surface area (Å²) in [6.45, 7) is 3.94. The van der Waals surface area contributed by atoms with Gasteiger partial charge < -0.3 is 15.0 Å². The van der Waals surface area contributed by atoms with Crippen LogP contribution >= 0.6 is 0 Å². The lowest BCUT2D eigenvalue weighted by Gasteiger charge is -2.34. The minimum Gasteiger partial charge on any atom is -0.367 e. The third-order valence-corrected chi connectivity index (χ3v) is 5.72. The van der Waals surface area contributed by atoms with Crippen LogP contribution in [0.2, 0.25) is 0 Å². The lowest BCUT2D eigenvalue weighted by molar-refractivity contribution is 0.0498. The summed E-state index contributed by atoms with van der Waals surface area (Å²) < 4.78 is 32.9. The van der Waals surface area contributed by atoms with E-state index >= 15 is 0 Å². The number of amides is 2. The minimum absolute atomic E-state index is 0.0928. The van der Waals surface area contributed by atoms with E-state index in [1.807, 2.05) is 35.2 Å². The number of nitrogens with zero attached hydrogens (tertiary/aromatic N) is 2. The van der Waals surface area contributed by atoms with Gasteiger partial charge in [-0.2, -0.15) is 0 Å². The quantitative estimate of drug-likeness (QED) is 0.555. The largest absolute Gasteiger partial charge is 0.367 e. The average molecular weight is 452 g/mol. The zero-order valence-corrected chi connectivity index (χ0v) is 18.3. The molecule has 3 aromatic carbocycles. The highest BCUT2D eigenvalue weighted by Crippen LogP contribution is 2.26. The Labute approximate surface area is 192 Å². The van der Waals surface area contributed by atoms with Crippen LogP contribution in [0.15, 0.2) is 78.9 Å². The third kappa shape index (κ3) is 6.37. The standard InChI is InChI=1S/C26H27F2N3O2/c27-22-10-6-20(7-11-22)25(21-8-12-23(28)13-9-21)33-19-18-30-14-16-31(17-15-30)26(32)29-24-4-2-1-3-5-24/h1-13,25H,14-19H2,(H,29,32). The van der Waals surface area contributed by atoms with Crippen LogP contribution in [-0.2, 0) is 4.74 Å². The van der Waals surface area contributed by atoms with Gasteiger partial charge in [0.1, 0.15) is 17.7 Å². The number of nitrogens with one attached hydrogen (secondary N) is 1. The Balaban J connectivity index is 1.28. The molecule has 5 nitrogen and oxygen atoms in total. The Kier molecular flexibility index (Phi) is 7.65. The zero-order valence-electron chi connectivity index (χ0n) is 18.3. The molecule has 1 saturated heterocycles. The Hall–Kier alpha value is -3.29. The molecule has 3 aromatic rings. The lowest BCUT2D eigenvalue weighted by Crippen LogP contribution is -2.50. The van der Waals surface area contributed by atoms with Crippen LogP contribution in [0, 0.1) is 11.6 Å². The summed E-state index contributed by atoms with van der Waals surface area (Å²) in [6.07, 6.45) is -0.413. The number of carbonyl (C=O) groups excluding carboxylic acids is 1. The molecule has 0 saturated carbocycles. The first kappa shape index (κ1) is 22.9. The van der Waals surface area contributed by atoms with Crippen molar-refractivity contribution in [1.29, 1.82) is 0 Å². The molecule has 1 N–H and O–H groups in total. The molecule has 4 rings (SSSR count). The lowest BCUT2D eigenvalue weighted by atomic mass is 10.0. The van der Waals surface area contributed by atoms with Gasteiger partial charge >= 0.3 is 6.03 Å². The Bertz CT molecular complexity index is 976. The highest BCUT2D eigenvalue weighted by molar-refractivity contribution is 5.89. The number of rotatable bonds is 7. The van der Waals surface area contributed by atoms with Gasteiger partial charge in [-0.3, -0.25) is 4.90 Å². The highest BCUT2D eigenvalue weighted by atomic mass is 19.1. The smallest absolute Gasteiger partial charge is 0.321 e. The number of hydrogen-bond acceptors (Lipinski definition) is 3. The maximum atomic E-state index is 13.4. The SMILES string of the molecule is O=C(Nc1ccccc1)N1CCN(CCOC(c2ccc(F)cc2)c2ccc(F)cc2)CC1. The fourth-order valence-corrected chi connectivity index (χ4v) is 3.86. The number of hydrogen-bond donors (Lipinski definition) is 1. The molecular weight excluding hydrogens is 424 g/mol. The summed E-state index contributed by atoms with van der Waals surface area (Å²) >= 11 is 0. The van der Waals surface area contributed by atoms with Gasteiger partial charge in [0.25, 0.3) is 0 Å². The summed E-state index contributed by atoms with van der Waals surface area (Å²) in [5.41, 5.74) is 2.40. The summed E-state index contributed by atoms with van der Waals surface area (Å²) in [7, 11) is 0. The first-order valence-electron chi connectivity index (χ1n) is 11.0. The van der Waals surface area contributed by atoms with Crippen molar-refractivity contribution in [3.8, 4) is 0 Å². The third-order valence-electron chi connectivity index (χ3n) is 5.72. The Morgan fingerprint density at radius 2 is 1.36 bits per heavy atom. The van der Waals surface area contributed by atoms with Crippen LogP contribution in [0.1, 0.15) is 17.2 Å². The molecular formula is C26H27F2N3O2. The second kappa shape index (κ2) is 11.0. The molecule has 0 unspecified atom stereocenters. The summed E-state index contributed by atoms with van der Waals surface area (Å²) in [5, 5.41) is 2.92. The maximum absolute atomic E-state index is 13.4. The van der Waals surface area contributed by atoms with Crippen LogP contribution in [0.5, 0.6) is 0 Å². The Morgan fingerprint density at radius 1 is 0.818 bits per heavy atom. The van der Waals surface area contributed by atoms with Gasteiger partial charge in [-0.15, -0.1) is 0 Å². The molecule has 1 aliphatic rings. The van der Waals surface area contributed by atoms with E-state index in [1.54, 1.807) is 24.3 Å². The maximum Gasteiger partial charge on any atom is 0.321 e. The molecule has 172 valence electrons. The van der Waals surface area contributed by atoms with Crippen molar-refractivity contribution in [2.45, 2.75) is 6.10 Å². The normalized spacial score (nSPS) is 14.5. The van der Waals surface area contributed by atoms with Crippen molar-refractivity contribution in [2.75, 3.05) is 44.6 Å². The monoisotopic (exact) mass is 451 g/mol. The summed E-state index contributed by atoms with van der Waals surface area (Å²) in [4.78, 5) is 16.5. The van der Waals surface area contributed by atoms with E-state index in [2.05, 4.69) is 10.2 Å². The first-order chi connectivity index (χ1) is 16.1. The van der Waals surface area contributed by atoms with Gasteiger partial charge in [0.2, 0.25) is 0 Å². The molecule has 1 aliphatic heterocycles. The topological polar surface area (TPSA) is 44.8 Å². The number of ether oxygens (including phenoxy) is 1. The van der Waals surface area contributed by atoms with E-state index in [1.165, 1.54) is 24.3 Å². The van der Waals surface area contributed by atoms with E-state index in [0.29, 0.717) is 26.2 Å². The predicted molar refractivity (Wildman–Crippen MR) is 124 cm³/mol. The van der Waals surface area contributed by atoms with Gasteiger partial charge in [0.15, 0.2) is 0 Å². The molecule has 2 amide bonds. The highest BCUT2D eigenvalue weighted by Gasteiger charge is 2.22. The van der Waals surface area contributed by atoms with Crippen LogP contribution in [0.3, 0.4) is 0 Å². The van der Waals surface area contributed by atoms with Crippen molar-refractivity contribution in [3.63, 3.8) is 0 Å². The summed E-state index contributed by atoms with van der Waals surface area (Å²) in [6, 6.07) is 21.7. The second-order valence-corrected chi connectivity index (χ2v) is 7.98. The van der Waals surface area contributed by atoms with Crippen LogP contribution < -0.4 is 5.32 Å². The van der Waals surface area contributed by atoms with Gasteiger partial charge in [0, 0.05) is 38.4 Å². The molecule has 0 radical (unpaired) electrons. The number of benzene rings is 3. The number of urea groups is 1. The molecule has 1 heterocycles. The fraction of sp³-hybridized carbons (Fsp3) is 0.269. The number of para-hydroxylation sites is 1. The van der Waals surface area contributed by atoms with Crippen LogP contribution in [-0.4, -0.2) is 55.2 Å². The van der Waals surface area contributed by atoms with Crippen molar-refractivity contribution in [3.05, 3.63) is 102 Å². The van der Waals surface area contributed by atoms with Gasteiger partial charge in [-0.05, 0) is 47.5 Å². The molecule has 0 spiro atoms. The molecule has 0 atom stereocenters. The molecule has 7 heteroatoms. The molecule has 1 fully saturated rings. The predicted octanol–water partition coefficient (Wildman–Crippen LogP) is 4.92. The van der Waals surface area contributed by atoms with E-state index < -0.39 is 6.10 Å². The van der Waals surface area contributed by atoms with E-state index in [-0.39, 0.29) is 17.7 Å². The number of piperazine rings is 1. The van der Waals surface area contributed by atoms with Gasteiger partial charge in [-0.25, -0.2) is 13.6 Å². The average Bonchev–Trinajstić information content (AvgIpc) is 2.84. The summed E-state index contributed by atoms with van der Waals surface area (Å²) in [5.74, 6) is -0.628. The van der Waals surface area contributed by atoms with Crippen molar-refractivity contribution in [2.24, 2.45) is 0 Å². The Morgan fingerprint density at radius 3 is 1.91 bits per heavy atom. The van der Waals surface area contributed by atoms with Crippen molar-refractivity contribution >= 4 is 11.7 Å². The molecule has 33 heavy (non-hydrogen) atoms. The fourth-order valence-electron chi connectivity index (χ4n) is 3.86. The molecule has 0 aromatic heterocycles. The molecule has 0 bridgehead atoms. The number of anilines is 1. The minimum atomic E-state index is -0.413. The first-order valence-corrected chi connectivity index (χ1v) is 11.0. The van der Waals surface area contributed by atoms with Crippen molar-refractivity contribution < 1.29 is 18.3 Å². The van der Waals surface area contributed by atoms with Crippen LogP contribution in [0.4, 0.5) is 19.3 Å². The number of halogens is 2. The van der Waals surface area contributed by atoms with E-state index in [0.717, 1.165) is 29.9 Å². The zero-order chi connectivity index (χ0) is 23.0. The van der Waals surface area contributed by atoms with Gasteiger partial charge in [-0.1, -0.05) is 42.5 Å². The van der Waals surface area contributed by atoms with Gasteiger partial charge in [0.05, 0.1) is 6.61 Å². The van der Waals surface area contributed by atoms with Crippen molar-refractivity contribution in [1.82, 2.24) is 9.80 Å². The number of carbonyl (C=O) groups is 1.